The molecule has 2 amide bonds. The first kappa shape index (κ1) is 23.4. The zero-order chi connectivity index (χ0) is 24.4. The molecule has 0 saturated heterocycles. The highest BCUT2D eigenvalue weighted by atomic mass is 32.1. The minimum absolute atomic E-state index is 0.149. The van der Waals surface area contributed by atoms with Crippen LogP contribution in [0.25, 0.3) is 10.4 Å². The Morgan fingerprint density at radius 1 is 1.17 bits per heavy atom. The molecule has 1 aliphatic carbocycles. The van der Waals surface area contributed by atoms with E-state index in [4.69, 9.17) is 0 Å². The van der Waals surface area contributed by atoms with Crippen LogP contribution < -0.4 is 10.6 Å². The Morgan fingerprint density at radius 2 is 2.06 bits per heavy atom. The second kappa shape index (κ2) is 10.1. The molecule has 0 unspecified atom stereocenters. The number of carbonyl (C=O) groups excluding carboxylic acids is 2. The SMILES string of the molecule is CN(C)[C@H]1CCc2nc(NC(=O)c3cccc(CNC(=O)c4ccc(-c5cn[nH]c5)s4)c3)sc2C1. The monoisotopic (exact) mass is 506 g/mol. The largest absolute Gasteiger partial charge is 0.347 e. The second-order valence-corrected chi connectivity index (χ2v) is 10.9. The van der Waals surface area contributed by atoms with Gasteiger partial charge in [-0.15, -0.1) is 22.7 Å². The van der Waals surface area contributed by atoms with Gasteiger partial charge >= 0.3 is 0 Å². The Labute approximate surface area is 211 Å². The third kappa shape index (κ3) is 5.34. The lowest BCUT2D eigenvalue weighted by Gasteiger charge is -2.27. The second-order valence-electron chi connectivity index (χ2n) is 8.74. The molecule has 10 heteroatoms. The van der Waals surface area contributed by atoms with Crippen molar-refractivity contribution >= 4 is 39.6 Å². The number of anilines is 1. The van der Waals surface area contributed by atoms with Crippen LogP contribution in [0.4, 0.5) is 5.13 Å². The van der Waals surface area contributed by atoms with E-state index in [1.165, 1.54) is 16.2 Å². The van der Waals surface area contributed by atoms with Crippen molar-refractivity contribution in [2.75, 3.05) is 19.4 Å². The maximum Gasteiger partial charge on any atom is 0.261 e. The van der Waals surface area contributed by atoms with Gasteiger partial charge in [0, 0.05) is 39.7 Å². The molecule has 3 aromatic heterocycles. The van der Waals surface area contributed by atoms with Gasteiger partial charge in [0.05, 0.1) is 16.8 Å². The molecule has 0 radical (unpaired) electrons. The summed E-state index contributed by atoms with van der Waals surface area (Å²) in [5, 5.41) is 13.3. The number of thiophene rings is 1. The average Bonchev–Trinajstić information content (AvgIpc) is 3.62. The molecular weight excluding hydrogens is 480 g/mol. The fourth-order valence-electron chi connectivity index (χ4n) is 4.11. The van der Waals surface area contributed by atoms with Crippen LogP contribution in [0.15, 0.2) is 48.8 Å². The fourth-order valence-corrected chi connectivity index (χ4v) is 6.09. The molecule has 1 aromatic carbocycles. The number of nitrogens with one attached hydrogen (secondary N) is 3. The van der Waals surface area contributed by atoms with Gasteiger partial charge < -0.3 is 10.2 Å². The van der Waals surface area contributed by atoms with E-state index in [0.29, 0.717) is 28.2 Å². The zero-order valence-corrected chi connectivity index (χ0v) is 21.1. The van der Waals surface area contributed by atoms with Gasteiger partial charge in [-0.1, -0.05) is 12.1 Å². The zero-order valence-electron chi connectivity index (χ0n) is 19.5. The number of H-pyrrole nitrogens is 1. The number of hydrogen-bond acceptors (Lipinski definition) is 7. The summed E-state index contributed by atoms with van der Waals surface area (Å²) in [4.78, 5) is 35.2. The van der Waals surface area contributed by atoms with Crippen LogP contribution in [-0.2, 0) is 19.4 Å². The Kier molecular flexibility index (Phi) is 6.76. The smallest absolute Gasteiger partial charge is 0.261 e. The number of hydrogen-bond donors (Lipinski definition) is 3. The first-order valence-electron chi connectivity index (χ1n) is 11.4. The number of nitrogens with zero attached hydrogens (tertiary/aromatic N) is 3. The van der Waals surface area contributed by atoms with Crippen molar-refractivity contribution in [1.29, 1.82) is 0 Å². The summed E-state index contributed by atoms with van der Waals surface area (Å²) in [5.74, 6) is -0.347. The molecular formula is C25H26N6O2S2. The van der Waals surface area contributed by atoms with Crippen LogP contribution in [0.5, 0.6) is 0 Å². The molecule has 180 valence electrons. The van der Waals surface area contributed by atoms with E-state index in [0.717, 1.165) is 41.0 Å². The van der Waals surface area contributed by atoms with E-state index in [1.807, 2.05) is 18.2 Å². The molecule has 0 aliphatic heterocycles. The van der Waals surface area contributed by atoms with Gasteiger partial charge in [-0.3, -0.25) is 20.0 Å². The highest BCUT2D eigenvalue weighted by molar-refractivity contribution is 7.17. The Morgan fingerprint density at radius 3 is 2.86 bits per heavy atom. The van der Waals surface area contributed by atoms with E-state index in [2.05, 4.69) is 44.8 Å². The van der Waals surface area contributed by atoms with Crippen LogP contribution in [0.1, 0.15) is 42.6 Å². The van der Waals surface area contributed by atoms with Crippen molar-refractivity contribution in [3.8, 4) is 10.4 Å². The third-order valence-corrected chi connectivity index (χ3v) is 8.29. The topological polar surface area (TPSA) is 103 Å². The van der Waals surface area contributed by atoms with Gasteiger partial charge in [-0.25, -0.2) is 4.98 Å². The first-order chi connectivity index (χ1) is 17.0. The van der Waals surface area contributed by atoms with Gasteiger partial charge in [0.25, 0.3) is 11.8 Å². The summed E-state index contributed by atoms with van der Waals surface area (Å²) in [5.41, 5.74) is 3.44. The maximum absolute atomic E-state index is 12.9. The molecule has 0 fully saturated rings. The summed E-state index contributed by atoms with van der Waals surface area (Å²) < 4.78 is 0. The molecule has 3 N–H and O–H groups in total. The van der Waals surface area contributed by atoms with Crippen molar-refractivity contribution in [3.63, 3.8) is 0 Å². The van der Waals surface area contributed by atoms with Gasteiger partial charge in [0.15, 0.2) is 5.13 Å². The summed E-state index contributed by atoms with van der Waals surface area (Å²) in [6.45, 7) is 0.330. The quantitative estimate of drug-likeness (QED) is 0.349. The molecule has 0 bridgehead atoms. The van der Waals surface area contributed by atoms with E-state index < -0.39 is 0 Å². The van der Waals surface area contributed by atoms with Crippen LogP contribution in [0, 0.1) is 0 Å². The lowest BCUT2D eigenvalue weighted by molar-refractivity contribution is 0.0954. The molecule has 0 spiro atoms. The van der Waals surface area contributed by atoms with Gasteiger partial charge in [-0.05, 0) is 63.2 Å². The van der Waals surface area contributed by atoms with Crippen molar-refractivity contribution in [1.82, 2.24) is 25.4 Å². The lowest BCUT2D eigenvalue weighted by Crippen LogP contribution is -2.32. The molecule has 4 aromatic rings. The predicted octanol–water partition coefficient (Wildman–Crippen LogP) is 4.20. The number of benzene rings is 1. The minimum atomic E-state index is -0.198. The van der Waals surface area contributed by atoms with Crippen LogP contribution in [0.3, 0.4) is 0 Å². The van der Waals surface area contributed by atoms with Gasteiger partial charge in [0.1, 0.15) is 0 Å². The van der Waals surface area contributed by atoms with Gasteiger partial charge in [0.2, 0.25) is 0 Å². The minimum Gasteiger partial charge on any atom is -0.347 e. The highest BCUT2D eigenvalue weighted by Crippen LogP contribution is 2.31. The molecule has 8 nitrogen and oxygen atoms in total. The van der Waals surface area contributed by atoms with Crippen molar-refractivity contribution in [2.24, 2.45) is 0 Å². The molecule has 1 atom stereocenters. The van der Waals surface area contributed by atoms with Crippen LogP contribution in [0.2, 0.25) is 0 Å². The van der Waals surface area contributed by atoms with E-state index in [1.54, 1.807) is 41.9 Å². The number of amides is 2. The van der Waals surface area contributed by atoms with Crippen molar-refractivity contribution in [2.45, 2.75) is 31.8 Å². The molecule has 1 aliphatic rings. The predicted molar refractivity (Wildman–Crippen MR) is 139 cm³/mol. The molecule has 3 heterocycles. The highest BCUT2D eigenvalue weighted by Gasteiger charge is 2.24. The number of carbonyl (C=O) groups is 2. The number of thiazole rings is 1. The van der Waals surface area contributed by atoms with E-state index >= 15 is 0 Å². The normalized spacial score (nSPS) is 15.1. The number of likely N-dealkylation sites (N-methyl/N-ethyl adjacent to an activating group) is 1. The number of aromatic amines is 1. The standard InChI is InChI=1S/C25H26N6O2S2/c1-31(2)18-6-7-19-22(11-18)35-25(29-19)30-23(32)16-5-3-4-15(10-16)12-26-24(33)21-9-8-20(34-21)17-13-27-28-14-17/h3-5,8-10,13-14,18H,6-7,11-12H2,1-2H3,(H,26,33)(H,27,28)(H,29,30,32)/t18-/m0/s1. The maximum atomic E-state index is 12.9. The number of aromatic nitrogens is 3. The Bertz CT molecular complexity index is 1340. The summed E-state index contributed by atoms with van der Waals surface area (Å²) in [7, 11) is 4.21. The third-order valence-electron chi connectivity index (χ3n) is 6.12. The lowest BCUT2D eigenvalue weighted by atomic mass is 9.97. The van der Waals surface area contributed by atoms with E-state index in [-0.39, 0.29) is 11.8 Å². The summed E-state index contributed by atoms with van der Waals surface area (Å²) >= 11 is 2.98. The van der Waals surface area contributed by atoms with Crippen LogP contribution >= 0.6 is 22.7 Å². The first-order valence-corrected chi connectivity index (χ1v) is 13.0. The molecule has 35 heavy (non-hydrogen) atoms. The summed E-state index contributed by atoms with van der Waals surface area (Å²) in [6, 6.07) is 11.5. The van der Waals surface area contributed by atoms with Crippen LogP contribution in [-0.4, -0.2) is 52.0 Å². The van der Waals surface area contributed by atoms with Gasteiger partial charge in [-0.2, -0.15) is 5.10 Å². The number of fused-ring (bicyclic) bond motifs is 1. The average molecular weight is 507 g/mol. The molecule has 0 saturated carbocycles. The molecule has 5 rings (SSSR count). The Hall–Kier alpha value is -3.34. The van der Waals surface area contributed by atoms with Crippen molar-refractivity contribution < 1.29 is 9.59 Å². The number of aryl methyl sites for hydroxylation is 1. The number of rotatable bonds is 7. The van der Waals surface area contributed by atoms with E-state index in [9.17, 15) is 9.59 Å². The van der Waals surface area contributed by atoms with Crippen molar-refractivity contribution in [3.05, 3.63) is 75.4 Å². The Balaban J connectivity index is 1.19. The summed E-state index contributed by atoms with van der Waals surface area (Å²) in [6.07, 6.45) is 6.52. The fraction of sp³-hybridized carbons (Fsp3) is 0.280.